The van der Waals surface area contributed by atoms with Crippen molar-refractivity contribution in [1.82, 2.24) is 0 Å². The molecule has 0 N–H and O–H groups in total. The van der Waals surface area contributed by atoms with Gasteiger partial charge in [0.25, 0.3) is 0 Å². The molecule has 0 fully saturated rings. The van der Waals surface area contributed by atoms with Crippen LogP contribution in [0.5, 0.6) is 0 Å². The zero-order valence-electron chi connectivity index (χ0n) is 36.2. The molecule has 316 valence electrons. The minimum atomic E-state index is -0.536. The Kier molecular flexibility index (Phi) is 43.9. The second kappa shape index (κ2) is 45.5. The normalized spacial score (nSPS) is 12.4. The van der Waals surface area contributed by atoms with Gasteiger partial charge in [0, 0.05) is 19.4 Å². The van der Waals surface area contributed by atoms with Crippen molar-refractivity contribution in [2.24, 2.45) is 0 Å². The highest BCUT2D eigenvalue weighted by molar-refractivity contribution is 5.70. The van der Waals surface area contributed by atoms with Gasteiger partial charge in [-0.15, -0.1) is 0 Å². The summed E-state index contributed by atoms with van der Waals surface area (Å²) in [4.78, 5) is 25.1. The Morgan fingerprint density at radius 3 is 1.31 bits per heavy atom. The average Bonchev–Trinajstić information content (AvgIpc) is 3.17. The van der Waals surface area contributed by atoms with E-state index in [-0.39, 0.29) is 25.2 Å². The van der Waals surface area contributed by atoms with E-state index in [9.17, 15) is 9.59 Å². The first-order valence-electron chi connectivity index (χ1n) is 23.5. The Morgan fingerprint density at radius 1 is 0.407 bits per heavy atom. The predicted molar refractivity (Wildman–Crippen MR) is 233 cm³/mol. The van der Waals surface area contributed by atoms with Crippen LogP contribution in [0.1, 0.15) is 239 Å². The van der Waals surface area contributed by atoms with E-state index in [2.05, 4.69) is 57.2 Å². The molecule has 0 saturated carbocycles. The Labute approximate surface area is 336 Å². The summed E-state index contributed by atoms with van der Waals surface area (Å²) in [5.74, 6) is -0.407. The van der Waals surface area contributed by atoms with Crippen LogP contribution >= 0.6 is 0 Å². The van der Waals surface area contributed by atoms with Crippen molar-refractivity contribution in [1.29, 1.82) is 0 Å². The minimum Gasteiger partial charge on any atom is -0.462 e. The van der Waals surface area contributed by atoms with Crippen molar-refractivity contribution in [3.05, 3.63) is 36.5 Å². The second-order valence-electron chi connectivity index (χ2n) is 15.7. The van der Waals surface area contributed by atoms with Crippen LogP contribution in [0.15, 0.2) is 36.5 Å². The number of ether oxygens (including phenoxy) is 3. The lowest BCUT2D eigenvalue weighted by molar-refractivity contribution is -0.163. The van der Waals surface area contributed by atoms with Gasteiger partial charge in [0.2, 0.25) is 0 Å². The third kappa shape index (κ3) is 42.9. The molecule has 0 bridgehead atoms. The lowest BCUT2D eigenvalue weighted by Crippen LogP contribution is -2.30. The molecule has 1 atom stereocenters. The fourth-order valence-electron chi connectivity index (χ4n) is 6.60. The molecule has 0 aromatic heterocycles. The van der Waals surface area contributed by atoms with Crippen LogP contribution in [0, 0.1) is 0 Å². The van der Waals surface area contributed by atoms with Gasteiger partial charge in [0.15, 0.2) is 6.10 Å². The molecule has 0 aliphatic rings. The summed E-state index contributed by atoms with van der Waals surface area (Å²) in [6, 6.07) is 0. The summed E-state index contributed by atoms with van der Waals surface area (Å²) in [6.07, 6.45) is 52.9. The van der Waals surface area contributed by atoms with E-state index in [1.165, 1.54) is 161 Å². The molecule has 5 heteroatoms. The average molecular weight is 759 g/mol. The maximum atomic E-state index is 12.6. The molecule has 1 unspecified atom stereocenters. The van der Waals surface area contributed by atoms with Gasteiger partial charge in [-0.2, -0.15) is 0 Å². The van der Waals surface area contributed by atoms with E-state index in [0.29, 0.717) is 19.4 Å². The van der Waals surface area contributed by atoms with Gasteiger partial charge >= 0.3 is 11.9 Å². The van der Waals surface area contributed by atoms with Crippen molar-refractivity contribution >= 4 is 11.9 Å². The van der Waals surface area contributed by atoms with Gasteiger partial charge < -0.3 is 14.2 Å². The van der Waals surface area contributed by atoms with Crippen LogP contribution in [0.3, 0.4) is 0 Å². The highest BCUT2D eigenvalue weighted by atomic mass is 16.6. The number of carbonyl (C=O) groups is 2. The van der Waals surface area contributed by atoms with Gasteiger partial charge in [-0.3, -0.25) is 9.59 Å². The van der Waals surface area contributed by atoms with E-state index in [0.717, 1.165) is 44.9 Å². The maximum Gasteiger partial charge on any atom is 0.306 e. The molecule has 54 heavy (non-hydrogen) atoms. The standard InChI is InChI=1S/C49H90O5/c1-4-7-10-13-16-18-20-22-24-25-26-27-29-31-34-36-39-42-48(50)53-46-47(54-49(51)43-40-37-33-15-12-9-6-3)45-52-44-41-38-35-32-30-28-23-21-19-17-14-11-8-5-2/h11,14,19,21-22,24,47H,4-10,12-13,15-18,20,23,25-46H2,1-3H3/b14-11-,21-19-,24-22-. The predicted octanol–water partition coefficient (Wildman–Crippen LogP) is 15.4. The van der Waals surface area contributed by atoms with E-state index in [1.54, 1.807) is 0 Å². The van der Waals surface area contributed by atoms with Crippen molar-refractivity contribution in [2.45, 2.75) is 245 Å². The number of hydrogen-bond acceptors (Lipinski definition) is 5. The highest BCUT2D eigenvalue weighted by Crippen LogP contribution is 2.14. The molecule has 0 heterocycles. The third-order valence-corrected chi connectivity index (χ3v) is 10.1. The van der Waals surface area contributed by atoms with Crippen molar-refractivity contribution in [2.75, 3.05) is 19.8 Å². The molecule has 0 saturated heterocycles. The first-order chi connectivity index (χ1) is 26.6. The molecule has 0 rings (SSSR count). The summed E-state index contributed by atoms with van der Waals surface area (Å²) >= 11 is 0. The van der Waals surface area contributed by atoms with Gasteiger partial charge in [-0.25, -0.2) is 0 Å². The van der Waals surface area contributed by atoms with Gasteiger partial charge in [0.05, 0.1) is 6.61 Å². The maximum absolute atomic E-state index is 12.6. The van der Waals surface area contributed by atoms with Crippen LogP contribution in [-0.2, 0) is 23.8 Å². The van der Waals surface area contributed by atoms with Crippen LogP contribution in [0.4, 0.5) is 0 Å². The molecular weight excluding hydrogens is 669 g/mol. The lowest BCUT2D eigenvalue weighted by atomic mass is 10.1. The summed E-state index contributed by atoms with van der Waals surface area (Å²) in [7, 11) is 0. The van der Waals surface area contributed by atoms with E-state index < -0.39 is 6.10 Å². The van der Waals surface area contributed by atoms with Crippen molar-refractivity contribution in [3.8, 4) is 0 Å². The van der Waals surface area contributed by atoms with E-state index in [4.69, 9.17) is 14.2 Å². The van der Waals surface area contributed by atoms with Gasteiger partial charge in [-0.1, -0.05) is 192 Å². The van der Waals surface area contributed by atoms with Crippen LogP contribution in [0.2, 0.25) is 0 Å². The Balaban J connectivity index is 4.13. The highest BCUT2D eigenvalue weighted by Gasteiger charge is 2.17. The third-order valence-electron chi connectivity index (χ3n) is 10.1. The summed E-state index contributed by atoms with van der Waals surface area (Å²) in [5, 5.41) is 0. The van der Waals surface area contributed by atoms with E-state index >= 15 is 0 Å². The fraction of sp³-hybridized carbons (Fsp3) is 0.837. The number of unbranched alkanes of at least 4 members (excludes halogenated alkanes) is 26. The summed E-state index contributed by atoms with van der Waals surface area (Å²) < 4.78 is 17.3. The summed E-state index contributed by atoms with van der Waals surface area (Å²) in [6.45, 7) is 7.72. The summed E-state index contributed by atoms with van der Waals surface area (Å²) in [5.41, 5.74) is 0. The first kappa shape index (κ1) is 52.1. The topological polar surface area (TPSA) is 61.8 Å². The molecule has 0 aliphatic heterocycles. The number of rotatable bonds is 43. The monoisotopic (exact) mass is 759 g/mol. The first-order valence-corrected chi connectivity index (χ1v) is 23.5. The van der Waals surface area contributed by atoms with Crippen LogP contribution in [0.25, 0.3) is 0 Å². The molecule has 0 aliphatic carbocycles. The molecule has 0 aromatic carbocycles. The fourth-order valence-corrected chi connectivity index (χ4v) is 6.60. The van der Waals surface area contributed by atoms with Crippen molar-refractivity contribution in [3.63, 3.8) is 0 Å². The lowest BCUT2D eigenvalue weighted by Gasteiger charge is -2.18. The Hall–Kier alpha value is -1.88. The molecular formula is C49H90O5. The number of carbonyl (C=O) groups excluding carboxylic acids is 2. The second-order valence-corrected chi connectivity index (χ2v) is 15.7. The zero-order valence-corrected chi connectivity index (χ0v) is 36.2. The smallest absolute Gasteiger partial charge is 0.306 e. The molecule has 0 amide bonds. The SMILES string of the molecule is CCC/C=C\C/C=C\CCCCCCCCOCC(COC(=O)CCCCCCCCC/C=C\CCCCCCCC)OC(=O)CCCCCCCCC. The quantitative estimate of drug-likeness (QED) is 0.0352. The number of allylic oxidation sites excluding steroid dienone is 6. The van der Waals surface area contributed by atoms with Crippen LogP contribution in [-0.4, -0.2) is 37.9 Å². The Bertz CT molecular complexity index is 862. The molecule has 5 nitrogen and oxygen atoms in total. The number of esters is 2. The Morgan fingerprint density at radius 2 is 0.815 bits per heavy atom. The zero-order chi connectivity index (χ0) is 39.3. The number of hydrogen-bond donors (Lipinski definition) is 0. The molecule has 0 aromatic rings. The van der Waals surface area contributed by atoms with Crippen molar-refractivity contribution < 1.29 is 23.8 Å². The van der Waals surface area contributed by atoms with Gasteiger partial charge in [-0.05, 0) is 70.6 Å². The molecule has 0 spiro atoms. The van der Waals surface area contributed by atoms with Crippen LogP contribution < -0.4 is 0 Å². The van der Waals surface area contributed by atoms with E-state index in [1.807, 2.05) is 0 Å². The molecule has 0 radical (unpaired) electrons. The minimum absolute atomic E-state index is 0.0818. The van der Waals surface area contributed by atoms with Gasteiger partial charge in [0.1, 0.15) is 6.61 Å². The largest absolute Gasteiger partial charge is 0.462 e.